The monoisotopic (exact) mass is 462 g/mol. The lowest BCUT2D eigenvalue weighted by atomic mass is 10.2. The van der Waals surface area contributed by atoms with Crippen LogP contribution in [0.1, 0.15) is 34.7 Å². The third-order valence-electron chi connectivity index (χ3n) is 5.65. The summed E-state index contributed by atoms with van der Waals surface area (Å²) in [6, 6.07) is 4.92. The van der Waals surface area contributed by atoms with Crippen LogP contribution in [0.3, 0.4) is 0 Å². The molecule has 1 N–H and O–H groups in total. The average Bonchev–Trinajstić information content (AvgIpc) is 3.03. The molecule has 0 spiro atoms. The third-order valence-corrected chi connectivity index (χ3v) is 6.64. The lowest BCUT2D eigenvalue weighted by molar-refractivity contribution is 0.0687. The Kier molecular flexibility index (Phi) is 5.32. The Bertz CT molecular complexity index is 1390. The summed E-state index contributed by atoms with van der Waals surface area (Å²) in [6.45, 7) is 3.89. The van der Waals surface area contributed by atoms with Gasteiger partial charge in [-0.3, -0.25) is 9.59 Å². The molecule has 32 heavy (non-hydrogen) atoms. The number of likely N-dealkylation sites (N-methyl/N-ethyl adjacent to an activating group) is 1. The Morgan fingerprint density at radius 2 is 1.88 bits per heavy atom. The Balaban J connectivity index is 1.96. The zero-order valence-corrected chi connectivity index (χ0v) is 18.7. The first-order valence-corrected chi connectivity index (χ1v) is 12.1. The number of hydrogen-bond donors (Lipinski definition) is 1. The minimum atomic E-state index is -3.43. The third kappa shape index (κ3) is 3.66. The van der Waals surface area contributed by atoms with Gasteiger partial charge in [0.05, 0.1) is 29.6 Å². The molecule has 170 valence electrons. The van der Waals surface area contributed by atoms with Gasteiger partial charge in [-0.2, -0.15) is 5.10 Å². The number of benzene rings is 1. The van der Waals surface area contributed by atoms with Gasteiger partial charge in [-0.25, -0.2) is 17.5 Å². The number of nitrogens with zero attached hydrogens (tertiary/aromatic N) is 4. The number of sulfone groups is 1. The van der Waals surface area contributed by atoms with Gasteiger partial charge in [0.15, 0.2) is 11.4 Å². The Morgan fingerprint density at radius 1 is 1.22 bits per heavy atom. The summed E-state index contributed by atoms with van der Waals surface area (Å²) in [4.78, 5) is 27.7. The van der Waals surface area contributed by atoms with Gasteiger partial charge in [0.25, 0.3) is 11.5 Å². The quantitative estimate of drug-likeness (QED) is 0.614. The summed E-state index contributed by atoms with van der Waals surface area (Å²) in [5, 5.41) is 15.2. The van der Waals surface area contributed by atoms with Gasteiger partial charge in [0, 0.05) is 19.3 Å². The molecular weight excluding hydrogens is 439 g/mol. The largest absolute Gasteiger partial charge is 0.505 e. The lowest BCUT2D eigenvalue weighted by Crippen LogP contribution is -2.44. The van der Waals surface area contributed by atoms with Crippen LogP contribution in [0.4, 0.5) is 4.39 Å². The van der Waals surface area contributed by atoms with E-state index in [0.717, 1.165) is 10.9 Å². The van der Waals surface area contributed by atoms with E-state index < -0.39 is 38.9 Å². The maximum absolute atomic E-state index is 13.3. The van der Waals surface area contributed by atoms with Crippen LogP contribution in [0.15, 0.2) is 29.1 Å². The van der Waals surface area contributed by atoms with Crippen molar-refractivity contribution in [3.63, 3.8) is 0 Å². The molecule has 3 heterocycles. The van der Waals surface area contributed by atoms with Crippen LogP contribution in [0.25, 0.3) is 10.9 Å². The molecule has 1 aliphatic rings. The molecule has 2 aromatic heterocycles. The second-order valence-corrected chi connectivity index (χ2v) is 10.2. The zero-order chi connectivity index (χ0) is 23.4. The minimum Gasteiger partial charge on any atom is -0.505 e. The van der Waals surface area contributed by atoms with E-state index in [-0.39, 0.29) is 35.4 Å². The number of fused-ring (bicyclic) bond motifs is 3. The number of aromatic hydroxyl groups is 1. The Morgan fingerprint density at radius 3 is 2.47 bits per heavy atom. The molecule has 0 bridgehead atoms. The maximum atomic E-state index is 13.3. The van der Waals surface area contributed by atoms with Crippen molar-refractivity contribution in [1.82, 2.24) is 19.2 Å². The number of aryl methyl sites for hydroxylation is 1. The fraction of sp³-hybridized carbons (Fsp3) is 0.381. The van der Waals surface area contributed by atoms with Gasteiger partial charge in [-0.05, 0) is 31.5 Å². The van der Waals surface area contributed by atoms with Crippen LogP contribution in [0.2, 0.25) is 0 Å². The van der Waals surface area contributed by atoms with Gasteiger partial charge in [0.1, 0.15) is 21.0 Å². The Hall–Kier alpha value is -3.21. The molecule has 1 aromatic carbocycles. The van der Waals surface area contributed by atoms with Crippen molar-refractivity contribution < 1.29 is 22.7 Å². The molecule has 0 radical (unpaired) electrons. The molecule has 1 amide bonds. The highest BCUT2D eigenvalue weighted by Gasteiger charge is 2.38. The van der Waals surface area contributed by atoms with Gasteiger partial charge >= 0.3 is 0 Å². The number of hydrogen-bond acceptors (Lipinski definition) is 6. The van der Waals surface area contributed by atoms with E-state index in [1.165, 1.54) is 33.7 Å². The van der Waals surface area contributed by atoms with E-state index in [1.54, 1.807) is 13.8 Å². The highest BCUT2D eigenvalue weighted by atomic mass is 32.2. The van der Waals surface area contributed by atoms with Crippen molar-refractivity contribution in [3.05, 3.63) is 57.4 Å². The summed E-state index contributed by atoms with van der Waals surface area (Å²) >= 11 is 0. The molecular formula is C21H23FN4O5S. The Labute approximate surface area is 183 Å². The predicted molar refractivity (Wildman–Crippen MR) is 116 cm³/mol. The highest BCUT2D eigenvalue weighted by Crippen LogP contribution is 2.38. The standard InChI is InChI=1S/C21H23FN4O5S/c1-4-24-10-15(11-32(3,30)31)26-17-12(2)23-25(9-13-5-7-14(22)8-6-13)20(28)16(17)19(27)18(26)21(24)29/h5-8,15,27H,4,9-11H2,1-3H3. The molecule has 0 aliphatic carbocycles. The molecule has 1 aliphatic heterocycles. The second kappa shape index (κ2) is 7.73. The summed E-state index contributed by atoms with van der Waals surface area (Å²) in [7, 11) is -3.43. The zero-order valence-electron chi connectivity index (χ0n) is 17.9. The second-order valence-electron chi connectivity index (χ2n) is 8.06. The average molecular weight is 463 g/mol. The maximum Gasteiger partial charge on any atom is 0.280 e. The first-order valence-electron chi connectivity index (χ1n) is 10.1. The number of rotatable bonds is 5. The van der Waals surface area contributed by atoms with Crippen LogP contribution in [-0.2, 0) is 16.4 Å². The molecule has 1 atom stereocenters. The van der Waals surface area contributed by atoms with Crippen LogP contribution < -0.4 is 5.56 Å². The van der Waals surface area contributed by atoms with Crippen molar-refractivity contribution in [2.45, 2.75) is 26.4 Å². The lowest BCUT2D eigenvalue weighted by Gasteiger charge is -2.34. The van der Waals surface area contributed by atoms with Crippen molar-refractivity contribution in [3.8, 4) is 5.75 Å². The van der Waals surface area contributed by atoms with Crippen LogP contribution in [0, 0.1) is 12.7 Å². The fourth-order valence-electron chi connectivity index (χ4n) is 4.30. The summed E-state index contributed by atoms with van der Waals surface area (Å²) < 4.78 is 40.0. The molecule has 9 nitrogen and oxygen atoms in total. The van der Waals surface area contributed by atoms with Gasteiger partial charge < -0.3 is 14.6 Å². The van der Waals surface area contributed by atoms with Gasteiger partial charge in [0.2, 0.25) is 0 Å². The molecule has 11 heteroatoms. The number of carbonyl (C=O) groups is 1. The van der Waals surface area contributed by atoms with E-state index in [1.807, 2.05) is 0 Å². The summed E-state index contributed by atoms with van der Waals surface area (Å²) in [5.74, 6) is -1.63. The molecule has 1 unspecified atom stereocenters. The van der Waals surface area contributed by atoms with Crippen LogP contribution >= 0.6 is 0 Å². The normalized spacial score (nSPS) is 16.6. The number of halogens is 1. The highest BCUT2D eigenvalue weighted by molar-refractivity contribution is 7.90. The minimum absolute atomic E-state index is 0.0393. The smallest absolute Gasteiger partial charge is 0.280 e. The fourth-order valence-corrected chi connectivity index (χ4v) is 5.25. The van der Waals surface area contributed by atoms with Gasteiger partial charge in [-0.15, -0.1) is 0 Å². The van der Waals surface area contributed by atoms with E-state index in [4.69, 9.17) is 0 Å². The van der Waals surface area contributed by atoms with Crippen molar-refractivity contribution in [1.29, 1.82) is 0 Å². The first kappa shape index (κ1) is 22.0. The first-order chi connectivity index (χ1) is 15.0. The number of carbonyl (C=O) groups excluding carboxylic acids is 1. The summed E-state index contributed by atoms with van der Waals surface area (Å²) in [6.07, 6.45) is 1.10. The van der Waals surface area contributed by atoms with Crippen LogP contribution in [0.5, 0.6) is 5.75 Å². The van der Waals surface area contributed by atoms with E-state index in [9.17, 15) is 27.5 Å². The summed E-state index contributed by atoms with van der Waals surface area (Å²) in [5.41, 5.74) is 0.507. The van der Waals surface area contributed by atoms with Crippen molar-refractivity contribution >= 4 is 26.6 Å². The van der Waals surface area contributed by atoms with Crippen molar-refractivity contribution in [2.24, 2.45) is 0 Å². The molecule has 0 fully saturated rings. The molecule has 4 rings (SSSR count). The van der Waals surface area contributed by atoms with Crippen LogP contribution in [-0.4, -0.2) is 63.8 Å². The topological polar surface area (TPSA) is 115 Å². The van der Waals surface area contributed by atoms with E-state index in [0.29, 0.717) is 17.8 Å². The van der Waals surface area contributed by atoms with E-state index >= 15 is 0 Å². The molecule has 0 saturated carbocycles. The van der Waals surface area contributed by atoms with Crippen molar-refractivity contribution in [2.75, 3.05) is 25.1 Å². The number of amides is 1. The SMILES string of the molecule is CCN1CC(CS(C)(=O)=O)n2c(c(O)c3c(=O)n(Cc4ccc(F)cc4)nc(C)c32)C1=O. The molecule has 0 saturated heterocycles. The van der Waals surface area contributed by atoms with Gasteiger partial charge in [-0.1, -0.05) is 12.1 Å². The predicted octanol–water partition coefficient (Wildman–Crippen LogP) is 1.46. The number of aromatic nitrogens is 3. The molecule has 3 aromatic rings. The van der Waals surface area contributed by atoms with E-state index in [2.05, 4.69) is 5.10 Å².